The zero-order valence-electron chi connectivity index (χ0n) is 15.8. The van der Waals surface area contributed by atoms with E-state index in [1.807, 2.05) is 25.1 Å². The van der Waals surface area contributed by atoms with Crippen LogP contribution >= 0.6 is 11.3 Å². The highest BCUT2D eigenvalue weighted by Gasteiger charge is 2.43. The summed E-state index contributed by atoms with van der Waals surface area (Å²) >= 11 is 1.29. The van der Waals surface area contributed by atoms with Crippen LogP contribution in [-0.4, -0.2) is 34.8 Å². The number of hydrogen-bond donors (Lipinski definition) is 1. The molecule has 0 saturated heterocycles. The molecule has 1 aliphatic heterocycles. The number of aliphatic hydroxyl groups is 1. The molecule has 5 nitrogen and oxygen atoms in total. The van der Waals surface area contributed by atoms with E-state index in [-0.39, 0.29) is 11.4 Å². The van der Waals surface area contributed by atoms with Gasteiger partial charge in [-0.2, -0.15) is 0 Å². The summed E-state index contributed by atoms with van der Waals surface area (Å²) in [6, 6.07) is 10.1. The standard InChI is InChI=1S/C22H23NO4S/c1-3-5-11-23-19(15-8-6-9-16(14-15)27-12-4-2)18(21(25)22(23)26)20(24)17-10-7-13-28-17/h4,6-10,13-14,19,25H,2-3,5,11-12H2,1H3. The highest BCUT2D eigenvalue weighted by atomic mass is 32.1. The number of amides is 1. The number of carbonyl (C=O) groups excluding carboxylic acids is 2. The third-order valence-corrected chi connectivity index (χ3v) is 5.46. The van der Waals surface area contributed by atoms with E-state index in [2.05, 4.69) is 6.58 Å². The van der Waals surface area contributed by atoms with Crippen LogP contribution in [0.15, 0.2) is 65.8 Å². The lowest BCUT2D eigenvalue weighted by atomic mass is 9.95. The number of ether oxygens (including phenoxy) is 1. The lowest BCUT2D eigenvalue weighted by Gasteiger charge is -2.27. The van der Waals surface area contributed by atoms with E-state index in [4.69, 9.17) is 4.74 Å². The fourth-order valence-electron chi connectivity index (χ4n) is 3.26. The number of unbranched alkanes of at least 4 members (excludes halogenated alkanes) is 1. The van der Waals surface area contributed by atoms with Crippen LogP contribution in [0, 0.1) is 0 Å². The Morgan fingerprint density at radius 3 is 2.86 bits per heavy atom. The molecule has 6 heteroatoms. The zero-order chi connectivity index (χ0) is 20.1. The summed E-state index contributed by atoms with van der Waals surface area (Å²) in [5.41, 5.74) is 0.861. The fourth-order valence-corrected chi connectivity index (χ4v) is 3.94. The van der Waals surface area contributed by atoms with Crippen LogP contribution in [0.4, 0.5) is 0 Å². The third-order valence-electron chi connectivity index (χ3n) is 4.59. The highest BCUT2D eigenvalue weighted by molar-refractivity contribution is 7.12. The summed E-state index contributed by atoms with van der Waals surface area (Å²) in [5.74, 6) is -0.662. The topological polar surface area (TPSA) is 66.8 Å². The molecular weight excluding hydrogens is 374 g/mol. The van der Waals surface area contributed by atoms with Crippen LogP contribution in [0.1, 0.15) is 41.0 Å². The van der Waals surface area contributed by atoms with E-state index in [0.717, 1.165) is 18.4 Å². The lowest BCUT2D eigenvalue weighted by molar-refractivity contribution is -0.129. The molecule has 1 aromatic heterocycles. The van der Waals surface area contributed by atoms with E-state index >= 15 is 0 Å². The smallest absolute Gasteiger partial charge is 0.290 e. The van der Waals surface area contributed by atoms with Gasteiger partial charge in [0.25, 0.3) is 5.91 Å². The molecule has 1 N–H and O–H groups in total. The van der Waals surface area contributed by atoms with Crippen molar-refractivity contribution in [1.29, 1.82) is 0 Å². The average molecular weight is 397 g/mol. The van der Waals surface area contributed by atoms with Crippen molar-refractivity contribution in [2.45, 2.75) is 25.8 Å². The van der Waals surface area contributed by atoms with Gasteiger partial charge in [-0.3, -0.25) is 9.59 Å². The van der Waals surface area contributed by atoms with Crippen LogP contribution < -0.4 is 4.74 Å². The minimum atomic E-state index is -0.638. The summed E-state index contributed by atoms with van der Waals surface area (Å²) in [7, 11) is 0. The maximum absolute atomic E-state index is 13.1. The number of thiophene rings is 1. The van der Waals surface area contributed by atoms with Crippen LogP contribution in [0.3, 0.4) is 0 Å². The van der Waals surface area contributed by atoms with Crippen molar-refractivity contribution in [1.82, 2.24) is 4.90 Å². The minimum absolute atomic E-state index is 0.129. The van der Waals surface area contributed by atoms with Gasteiger partial charge in [-0.25, -0.2) is 0 Å². The summed E-state index contributed by atoms with van der Waals surface area (Å²) in [6.07, 6.45) is 3.33. The van der Waals surface area contributed by atoms with Gasteiger partial charge in [0.1, 0.15) is 12.4 Å². The Labute approximate surface area is 168 Å². The maximum atomic E-state index is 13.1. The molecule has 1 atom stereocenters. The predicted octanol–water partition coefficient (Wildman–Crippen LogP) is 4.69. The van der Waals surface area contributed by atoms with Gasteiger partial charge in [0.05, 0.1) is 16.5 Å². The molecule has 0 aliphatic carbocycles. The van der Waals surface area contributed by atoms with Gasteiger partial charge >= 0.3 is 0 Å². The van der Waals surface area contributed by atoms with E-state index in [9.17, 15) is 14.7 Å². The molecule has 1 amide bonds. The van der Waals surface area contributed by atoms with Gasteiger partial charge in [0.15, 0.2) is 5.76 Å². The van der Waals surface area contributed by atoms with Crippen molar-refractivity contribution < 1.29 is 19.4 Å². The minimum Gasteiger partial charge on any atom is -0.503 e. The van der Waals surface area contributed by atoms with Crippen LogP contribution in [0.2, 0.25) is 0 Å². The number of Topliss-reactive ketones (excluding diaryl/α,β-unsaturated/α-hetero) is 1. The fraction of sp³-hybridized carbons (Fsp3) is 0.273. The molecule has 2 heterocycles. The Hall–Kier alpha value is -2.86. The van der Waals surface area contributed by atoms with E-state index in [1.54, 1.807) is 34.6 Å². The SMILES string of the molecule is C=CCOc1cccc(C2C(C(=O)c3cccs3)=C(O)C(=O)N2CCCC)c1. The van der Waals surface area contributed by atoms with E-state index in [0.29, 0.717) is 23.8 Å². The Balaban J connectivity index is 2.04. The molecule has 28 heavy (non-hydrogen) atoms. The summed E-state index contributed by atoms with van der Waals surface area (Å²) in [4.78, 5) is 27.9. The first-order valence-corrected chi connectivity index (χ1v) is 10.1. The van der Waals surface area contributed by atoms with Crippen LogP contribution in [0.5, 0.6) is 5.75 Å². The van der Waals surface area contributed by atoms with Crippen molar-refractivity contribution in [2.24, 2.45) is 0 Å². The second-order valence-corrected chi connectivity index (χ2v) is 7.44. The normalized spacial score (nSPS) is 16.5. The van der Waals surface area contributed by atoms with Gasteiger partial charge in [0.2, 0.25) is 5.78 Å². The molecule has 2 aromatic rings. The first-order chi connectivity index (χ1) is 13.6. The average Bonchev–Trinajstić information content (AvgIpc) is 3.33. The number of ketones is 1. The molecule has 1 aromatic carbocycles. The molecule has 0 radical (unpaired) electrons. The zero-order valence-corrected chi connectivity index (χ0v) is 16.6. The summed E-state index contributed by atoms with van der Waals surface area (Å²) in [6.45, 7) is 6.49. The molecular formula is C22H23NO4S. The summed E-state index contributed by atoms with van der Waals surface area (Å²) in [5, 5.41) is 12.4. The van der Waals surface area contributed by atoms with Gasteiger partial charge in [0, 0.05) is 6.54 Å². The number of nitrogens with zero attached hydrogens (tertiary/aromatic N) is 1. The van der Waals surface area contributed by atoms with Crippen molar-refractivity contribution in [3.05, 3.63) is 76.2 Å². The second kappa shape index (κ2) is 8.89. The molecule has 0 bridgehead atoms. The number of hydrogen-bond acceptors (Lipinski definition) is 5. The largest absolute Gasteiger partial charge is 0.503 e. The summed E-state index contributed by atoms with van der Waals surface area (Å²) < 4.78 is 5.61. The van der Waals surface area contributed by atoms with Crippen molar-refractivity contribution in [3.8, 4) is 5.75 Å². The van der Waals surface area contributed by atoms with E-state index in [1.165, 1.54) is 11.3 Å². The molecule has 3 rings (SSSR count). The molecule has 1 aliphatic rings. The molecule has 146 valence electrons. The second-order valence-electron chi connectivity index (χ2n) is 6.50. The first kappa shape index (κ1) is 19.9. The Morgan fingerprint density at radius 2 is 2.18 bits per heavy atom. The van der Waals surface area contributed by atoms with Crippen molar-refractivity contribution in [3.63, 3.8) is 0 Å². The quantitative estimate of drug-likeness (QED) is 0.492. The monoisotopic (exact) mass is 397 g/mol. The predicted molar refractivity (Wildman–Crippen MR) is 110 cm³/mol. The number of benzene rings is 1. The Bertz CT molecular complexity index is 901. The molecule has 1 unspecified atom stereocenters. The van der Waals surface area contributed by atoms with Crippen molar-refractivity contribution in [2.75, 3.05) is 13.2 Å². The highest BCUT2D eigenvalue weighted by Crippen LogP contribution is 2.40. The van der Waals surface area contributed by atoms with Crippen molar-refractivity contribution >= 4 is 23.0 Å². The Morgan fingerprint density at radius 1 is 1.36 bits per heavy atom. The maximum Gasteiger partial charge on any atom is 0.290 e. The van der Waals surface area contributed by atoms with Gasteiger partial charge in [-0.1, -0.05) is 44.2 Å². The third kappa shape index (κ3) is 3.87. The van der Waals surface area contributed by atoms with Crippen LogP contribution in [-0.2, 0) is 4.79 Å². The Kier molecular flexibility index (Phi) is 6.31. The molecule has 0 spiro atoms. The molecule has 0 fully saturated rings. The van der Waals surface area contributed by atoms with Crippen LogP contribution in [0.25, 0.3) is 0 Å². The number of rotatable bonds is 9. The first-order valence-electron chi connectivity index (χ1n) is 9.24. The lowest BCUT2D eigenvalue weighted by Crippen LogP contribution is -2.32. The number of aliphatic hydroxyl groups excluding tert-OH is 1. The van der Waals surface area contributed by atoms with Gasteiger partial charge in [-0.05, 0) is 35.6 Å². The molecule has 0 saturated carbocycles. The van der Waals surface area contributed by atoms with Gasteiger partial charge < -0.3 is 14.7 Å². The number of carbonyl (C=O) groups is 2. The van der Waals surface area contributed by atoms with E-state index < -0.39 is 17.7 Å². The van der Waals surface area contributed by atoms with Gasteiger partial charge in [-0.15, -0.1) is 11.3 Å².